The minimum absolute atomic E-state index is 0.104. The summed E-state index contributed by atoms with van der Waals surface area (Å²) in [6.07, 6.45) is -0.996. The molecule has 22 heavy (non-hydrogen) atoms. The second kappa shape index (κ2) is 6.91. The van der Waals surface area contributed by atoms with Gasteiger partial charge in [0.05, 0.1) is 6.54 Å². The molecule has 0 bridgehead atoms. The highest BCUT2D eigenvalue weighted by molar-refractivity contribution is 6.39. The fraction of sp³-hybridized carbons (Fsp3) is 0.250. The van der Waals surface area contributed by atoms with Gasteiger partial charge in [-0.2, -0.15) is 0 Å². The fourth-order valence-electron chi connectivity index (χ4n) is 1.83. The summed E-state index contributed by atoms with van der Waals surface area (Å²) in [5.74, 6) is -0.594. The van der Waals surface area contributed by atoms with E-state index in [9.17, 15) is 14.7 Å². The zero-order valence-corrected chi connectivity index (χ0v) is 12.4. The third-order valence-electron chi connectivity index (χ3n) is 3.06. The predicted octanol–water partition coefficient (Wildman–Crippen LogP) is 1.68. The highest BCUT2D eigenvalue weighted by atomic mass is 16.4. The van der Waals surface area contributed by atoms with Crippen molar-refractivity contribution in [2.45, 2.75) is 20.0 Å². The Morgan fingerprint density at radius 1 is 1.09 bits per heavy atom. The van der Waals surface area contributed by atoms with E-state index in [1.807, 2.05) is 19.1 Å². The van der Waals surface area contributed by atoms with Gasteiger partial charge >= 0.3 is 11.8 Å². The lowest BCUT2D eigenvalue weighted by Crippen LogP contribution is -2.37. The lowest BCUT2D eigenvalue weighted by atomic mass is 10.2. The van der Waals surface area contributed by atoms with Crippen molar-refractivity contribution in [2.24, 2.45) is 0 Å². The van der Waals surface area contributed by atoms with Gasteiger partial charge in [-0.15, -0.1) is 0 Å². The van der Waals surface area contributed by atoms with Gasteiger partial charge < -0.3 is 20.2 Å². The molecule has 0 aliphatic rings. The number of hydrogen-bond acceptors (Lipinski definition) is 4. The summed E-state index contributed by atoms with van der Waals surface area (Å²) >= 11 is 0. The van der Waals surface area contributed by atoms with Crippen LogP contribution in [-0.4, -0.2) is 23.5 Å². The Balaban J connectivity index is 1.83. The molecule has 0 saturated carbocycles. The van der Waals surface area contributed by atoms with E-state index in [0.717, 1.165) is 5.56 Å². The molecule has 6 nitrogen and oxygen atoms in total. The van der Waals surface area contributed by atoms with Gasteiger partial charge in [0, 0.05) is 5.69 Å². The van der Waals surface area contributed by atoms with Crippen LogP contribution in [0.25, 0.3) is 0 Å². The van der Waals surface area contributed by atoms with E-state index in [1.54, 1.807) is 31.2 Å². The van der Waals surface area contributed by atoms with Crippen molar-refractivity contribution in [3.63, 3.8) is 0 Å². The van der Waals surface area contributed by atoms with Gasteiger partial charge in [0.15, 0.2) is 0 Å². The van der Waals surface area contributed by atoms with Crippen molar-refractivity contribution in [1.82, 2.24) is 5.32 Å². The van der Waals surface area contributed by atoms with Crippen LogP contribution in [0.4, 0.5) is 5.69 Å². The van der Waals surface area contributed by atoms with Crippen LogP contribution >= 0.6 is 0 Å². The average Bonchev–Trinajstić information content (AvgIpc) is 2.93. The van der Waals surface area contributed by atoms with Crippen LogP contribution in [0.3, 0.4) is 0 Å². The summed E-state index contributed by atoms with van der Waals surface area (Å²) in [7, 11) is 0. The number of nitrogens with one attached hydrogen (secondary N) is 2. The Kier molecular flexibility index (Phi) is 4.95. The number of benzene rings is 1. The van der Waals surface area contributed by atoms with Crippen LogP contribution in [-0.2, 0) is 9.59 Å². The van der Waals surface area contributed by atoms with Gasteiger partial charge in [-0.05, 0) is 38.1 Å². The number of aliphatic hydroxyl groups is 1. The van der Waals surface area contributed by atoms with E-state index in [0.29, 0.717) is 17.2 Å². The molecule has 1 aromatic carbocycles. The molecule has 2 amide bonds. The maximum atomic E-state index is 11.7. The normalized spacial score (nSPS) is 11.8. The van der Waals surface area contributed by atoms with E-state index in [1.165, 1.54) is 0 Å². The molecular weight excluding hydrogens is 284 g/mol. The first-order chi connectivity index (χ1) is 10.5. The maximum Gasteiger partial charge on any atom is 0.313 e. The third kappa shape index (κ3) is 4.20. The summed E-state index contributed by atoms with van der Waals surface area (Å²) in [5, 5.41) is 14.7. The summed E-state index contributed by atoms with van der Waals surface area (Å²) in [6, 6.07) is 10.4. The number of anilines is 1. The van der Waals surface area contributed by atoms with Gasteiger partial charge in [-0.1, -0.05) is 17.7 Å². The van der Waals surface area contributed by atoms with Crippen LogP contribution in [0.5, 0.6) is 0 Å². The zero-order valence-electron chi connectivity index (χ0n) is 12.4. The van der Waals surface area contributed by atoms with Crippen LogP contribution < -0.4 is 10.6 Å². The molecule has 1 heterocycles. The highest BCUT2D eigenvalue weighted by Gasteiger charge is 2.17. The van der Waals surface area contributed by atoms with Crippen molar-refractivity contribution in [3.8, 4) is 0 Å². The molecule has 0 fully saturated rings. The fourth-order valence-corrected chi connectivity index (χ4v) is 1.83. The quantitative estimate of drug-likeness (QED) is 0.749. The number of furan rings is 1. The van der Waals surface area contributed by atoms with Crippen LogP contribution in [0.15, 0.2) is 40.8 Å². The number of carbonyl (C=O) groups is 2. The summed E-state index contributed by atoms with van der Waals surface area (Å²) in [5.41, 5.74) is 1.59. The number of aliphatic hydroxyl groups excluding tert-OH is 1. The van der Waals surface area contributed by atoms with Crippen molar-refractivity contribution >= 4 is 17.5 Å². The van der Waals surface area contributed by atoms with Gasteiger partial charge in [-0.3, -0.25) is 9.59 Å². The highest BCUT2D eigenvalue weighted by Crippen LogP contribution is 2.15. The van der Waals surface area contributed by atoms with Crippen LogP contribution in [0.2, 0.25) is 0 Å². The molecule has 1 unspecified atom stereocenters. The Bertz CT molecular complexity index is 661. The number of rotatable bonds is 4. The monoisotopic (exact) mass is 302 g/mol. The first-order valence-electron chi connectivity index (χ1n) is 6.86. The third-order valence-corrected chi connectivity index (χ3v) is 3.06. The molecule has 2 rings (SSSR count). The molecule has 0 aliphatic carbocycles. The van der Waals surface area contributed by atoms with Gasteiger partial charge in [0.1, 0.15) is 17.6 Å². The number of aryl methyl sites for hydroxylation is 2. The maximum absolute atomic E-state index is 11.7. The molecule has 0 radical (unpaired) electrons. The van der Waals surface area contributed by atoms with Crippen LogP contribution in [0.1, 0.15) is 23.2 Å². The van der Waals surface area contributed by atoms with Crippen molar-refractivity contribution in [3.05, 3.63) is 53.5 Å². The SMILES string of the molecule is Cc1ccc(NC(=O)C(=O)NCC(O)c2ccc(C)o2)cc1. The molecule has 116 valence electrons. The van der Waals surface area contributed by atoms with E-state index in [-0.39, 0.29) is 6.54 Å². The van der Waals surface area contributed by atoms with Crippen LogP contribution in [0, 0.1) is 13.8 Å². The predicted molar refractivity (Wildman–Crippen MR) is 81.2 cm³/mol. The molecule has 0 saturated heterocycles. The standard InChI is InChI=1S/C16H18N2O4/c1-10-3-6-12(7-4-10)18-16(21)15(20)17-9-13(19)14-8-5-11(2)22-14/h3-8,13,19H,9H2,1-2H3,(H,17,20)(H,18,21). The molecule has 3 N–H and O–H groups in total. The molecule has 6 heteroatoms. The van der Waals surface area contributed by atoms with Gasteiger partial charge in [0.2, 0.25) is 0 Å². The number of hydrogen-bond donors (Lipinski definition) is 3. The lowest BCUT2D eigenvalue weighted by Gasteiger charge is -2.10. The smallest absolute Gasteiger partial charge is 0.313 e. The lowest BCUT2D eigenvalue weighted by molar-refractivity contribution is -0.136. The molecular formula is C16H18N2O4. The van der Waals surface area contributed by atoms with E-state index in [2.05, 4.69) is 10.6 Å². The van der Waals surface area contributed by atoms with E-state index >= 15 is 0 Å². The summed E-state index contributed by atoms with van der Waals surface area (Å²) in [6.45, 7) is 3.58. The topological polar surface area (TPSA) is 91.6 Å². The Morgan fingerprint density at radius 3 is 2.36 bits per heavy atom. The van der Waals surface area contributed by atoms with E-state index < -0.39 is 17.9 Å². The van der Waals surface area contributed by atoms with Crippen molar-refractivity contribution in [2.75, 3.05) is 11.9 Å². The molecule has 1 atom stereocenters. The minimum atomic E-state index is -0.996. The first kappa shape index (κ1) is 15.8. The second-order valence-electron chi connectivity index (χ2n) is 4.99. The molecule has 0 spiro atoms. The first-order valence-corrected chi connectivity index (χ1v) is 6.86. The Morgan fingerprint density at radius 2 is 1.77 bits per heavy atom. The minimum Gasteiger partial charge on any atom is -0.464 e. The Labute approximate surface area is 128 Å². The largest absolute Gasteiger partial charge is 0.464 e. The number of carbonyl (C=O) groups excluding carboxylic acids is 2. The van der Waals surface area contributed by atoms with Crippen molar-refractivity contribution < 1.29 is 19.1 Å². The molecule has 2 aromatic rings. The summed E-state index contributed by atoms with van der Waals surface area (Å²) in [4.78, 5) is 23.4. The Hall–Kier alpha value is -2.60. The molecule has 0 aliphatic heterocycles. The van der Waals surface area contributed by atoms with E-state index in [4.69, 9.17) is 4.42 Å². The molecule has 1 aromatic heterocycles. The van der Waals surface area contributed by atoms with Gasteiger partial charge in [-0.25, -0.2) is 0 Å². The average molecular weight is 302 g/mol. The van der Waals surface area contributed by atoms with Gasteiger partial charge in [0.25, 0.3) is 0 Å². The summed E-state index contributed by atoms with van der Waals surface area (Å²) < 4.78 is 5.24. The number of amides is 2. The second-order valence-corrected chi connectivity index (χ2v) is 4.99. The zero-order chi connectivity index (χ0) is 16.1. The van der Waals surface area contributed by atoms with Crippen molar-refractivity contribution in [1.29, 1.82) is 0 Å².